The van der Waals surface area contributed by atoms with E-state index in [9.17, 15) is 0 Å². The third-order valence-corrected chi connectivity index (χ3v) is 3.67. The number of hydrogen-bond donors (Lipinski definition) is 1. The van der Waals surface area contributed by atoms with E-state index in [2.05, 4.69) is 6.07 Å². The standard InChI is InChI=1S/C16H17Cl2NO/c1-10-3-4-12(7-11(2)19)8-16(10)20-13-5-6-14(17)15(18)9-13/h3-6,8-9,11H,7,19H2,1-2H3. The molecule has 0 aliphatic heterocycles. The maximum absolute atomic E-state index is 5.99. The summed E-state index contributed by atoms with van der Waals surface area (Å²) in [6.07, 6.45) is 0.817. The van der Waals surface area contributed by atoms with Crippen molar-refractivity contribution < 1.29 is 4.74 Å². The van der Waals surface area contributed by atoms with Crippen LogP contribution >= 0.6 is 23.2 Å². The van der Waals surface area contributed by atoms with Gasteiger partial charge in [-0.3, -0.25) is 0 Å². The fourth-order valence-electron chi connectivity index (χ4n) is 1.92. The van der Waals surface area contributed by atoms with Gasteiger partial charge < -0.3 is 10.5 Å². The highest BCUT2D eigenvalue weighted by Gasteiger charge is 2.06. The van der Waals surface area contributed by atoms with Gasteiger partial charge in [-0.15, -0.1) is 0 Å². The number of nitrogens with two attached hydrogens (primary N) is 1. The third kappa shape index (κ3) is 3.89. The summed E-state index contributed by atoms with van der Waals surface area (Å²) in [6.45, 7) is 3.99. The van der Waals surface area contributed by atoms with Crippen molar-refractivity contribution >= 4 is 23.2 Å². The molecule has 106 valence electrons. The molecule has 0 saturated carbocycles. The fourth-order valence-corrected chi connectivity index (χ4v) is 2.21. The van der Waals surface area contributed by atoms with E-state index in [0.717, 1.165) is 23.3 Å². The van der Waals surface area contributed by atoms with E-state index in [4.69, 9.17) is 33.7 Å². The molecule has 0 amide bonds. The van der Waals surface area contributed by atoms with Gasteiger partial charge in [0.25, 0.3) is 0 Å². The SMILES string of the molecule is Cc1ccc(CC(C)N)cc1Oc1ccc(Cl)c(Cl)c1. The van der Waals surface area contributed by atoms with Gasteiger partial charge in [0.1, 0.15) is 11.5 Å². The number of ether oxygens (including phenoxy) is 1. The Morgan fingerprint density at radius 1 is 1.10 bits per heavy atom. The normalized spacial score (nSPS) is 12.2. The van der Waals surface area contributed by atoms with Gasteiger partial charge in [0.2, 0.25) is 0 Å². The van der Waals surface area contributed by atoms with Crippen molar-refractivity contribution in [2.75, 3.05) is 0 Å². The summed E-state index contributed by atoms with van der Waals surface area (Å²) in [4.78, 5) is 0. The van der Waals surface area contributed by atoms with Crippen LogP contribution in [-0.2, 0) is 6.42 Å². The minimum atomic E-state index is 0.121. The number of rotatable bonds is 4. The van der Waals surface area contributed by atoms with Crippen LogP contribution in [-0.4, -0.2) is 6.04 Å². The zero-order valence-electron chi connectivity index (χ0n) is 11.5. The van der Waals surface area contributed by atoms with Crippen molar-refractivity contribution in [3.05, 3.63) is 57.6 Å². The van der Waals surface area contributed by atoms with Crippen LogP contribution in [0.2, 0.25) is 10.0 Å². The molecule has 0 aliphatic rings. The topological polar surface area (TPSA) is 35.2 Å². The largest absolute Gasteiger partial charge is 0.457 e. The molecular weight excluding hydrogens is 293 g/mol. The lowest BCUT2D eigenvalue weighted by molar-refractivity contribution is 0.478. The van der Waals surface area contributed by atoms with Gasteiger partial charge in [-0.25, -0.2) is 0 Å². The van der Waals surface area contributed by atoms with E-state index < -0.39 is 0 Å². The highest BCUT2D eigenvalue weighted by atomic mass is 35.5. The monoisotopic (exact) mass is 309 g/mol. The second-order valence-electron chi connectivity index (χ2n) is 4.96. The van der Waals surface area contributed by atoms with Crippen molar-refractivity contribution in [3.8, 4) is 11.5 Å². The highest BCUT2D eigenvalue weighted by molar-refractivity contribution is 6.42. The Bertz CT molecular complexity index is 611. The van der Waals surface area contributed by atoms with Crippen molar-refractivity contribution in [1.29, 1.82) is 0 Å². The number of hydrogen-bond acceptors (Lipinski definition) is 2. The molecule has 1 unspecified atom stereocenters. The van der Waals surface area contributed by atoms with Crippen LogP contribution in [0.5, 0.6) is 11.5 Å². The van der Waals surface area contributed by atoms with E-state index >= 15 is 0 Å². The summed E-state index contributed by atoms with van der Waals surface area (Å²) in [7, 11) is 0. The molecule has 4 heteroatoms. The van der Waals surface area contributed by atoms with Gasteiger partial charge in [-0.1, -0.05) is 35.3 Å². The van der Waals surface area contributed by atoms with Crippen molar-refractivity contribution in [2.45, 2.75) is 26.3 Å². The first-order chi connectivity index (χ1) is 9.45. The quantitative estimate of drug-likeness (QED) is 0.864. The average molecular weight is 310 g/mol. The van der Waals surface area contributed by atoms with Crippen LogP contribution in [0.3, 0.4) is 0 Å². The Balaban J connectivity index is 2.25. The number of aryl methyl sites for hydroxylation is 1. The molecule has 2 aromatic carbocycles. The van der Waals surface area contributed by atoms with Gasteiger partial charge in [-0.05, 0) is 49.6 Å². The van der Waals surface area contributed by atoms with E-state index in [0.29, 0.717) is 15.8 Å². The van der Waals surface area contributed by atoms with E-state index in [1.54, 1.807) is 18.2 Å². The summed E-state index contributed by atoms with van der Waals surface area (Å²) in [6, 6.07) is 11.5. The molecule has 0 heterocycles. The molecule has 2 N–H and O–H groups in total. The fraction of sp³-hybridized carbons (Fsp3) is 0.250. The molecule has 0 spiro atoms. The Morgan fingerprint density at radius 3 is 2.50 bits per heavy atom. The third-order valence-electron chi connectivity index (χ3n) is 2.93. The second kappa shape index (κ2) is 6.49. The van der Waals surface area contributed by atoms with Crippen LogP contribution in [0.25, 0.3) is 0 Å². The molecule has 0 fully saturated rings. The minimum absolute atomic E-state index is 0.121. The molecule has 2 aromatic rings. The van der Waals surface area contributed by atoms with Gasteiger partial charge >= 0.3 is 0 Å². The minimum Gasteiger partial charge on any atom is -0.457 e. The lowest BCUT2D eigenvalue weighted by Gasteiger charge is -2.12. The Morgan fingerprint density at radius 2 is 1.85 bits per heavy atom. The molecule has 0 bridgehead atoms. The van der Waals surface area contributed by atoms with Crippen molar-refractivity contribution in [3.63, 3.8) is 0 Å². The second-order valence-corrected chi connectivity index (χ2v) is 5.77. The van der Waals surface area contributed by atoms with Crippen LogP contribution < -0.4 is 10.5 Å². The maximum atomic E-state index is 5.99. The van der Waals surface area contributed by atoms with E-state index in [1.165, 1.54) is 0 Å². The summed E-state index contributed by atoms with van der Waals surface area (Å²) in [5.41, 5.74) is 8.04. The van der Waals surface area contributed by atoms with Crippen LogP contribution in [0.4, 0.5) is 0 Å². The van der Waals surface area contributed by atoms with Crippen molar-refractivity contribution in [2.24, 2.45) is 5.73 Å². The zero-order valence-corrected chi connectivity index (χ0v) is 13.0. The van der Waals surface area contributed by atoms with Crippen molar-refractivity contribution in [1.82, 2.24) is 0 Å². The molecule has 0 radical (unpaired) electrons. The van der Waals surface area contributed by atoms with Crippen LogP contribution in [0, 0.1) is 6.92 Å². The molecule has 0 aliphatic carbocycles. The average Bonchev–Trinajstić information content (AvgIpc) is 2.37. The first kappa shape index (κ1) is 15.2. The van der Waals surface area contributed by atoms with Gasteiger partial charge in [0.05, 0.1) is 10.0 Å². The van der Waals surface area contributed by atoms with E-state index in [-0.39, 0.29) is 6.04 Å². The van der Waals surface area contributed by atoms with Gasteiger partial charge in [0, 0.05) is 12.1 Å². The first-order valence-electron chi connectivity index (χ1n) is 6.43. The summed E-state index contributed by atoms with van der Waals surface area (Å²) < 4.78 is 5.88. The summed E-state index contributed by atoms with van der Waals surface area (Å²) in [5, 5.41) is 0.995. The molecule has 0 aromatic heterocycles. The smallest absolute Gasteiger partial charge is 0.130 e. The van der Waals surface area contributed by atoms with E-state index in [1.807, 2.05) is 26.0 Å². The van der Waals surface area contributed by atoms with Gasteiger partial charge in [0.15, 0.2) is 0 Å². The zero-order chi connectivity index (χ0) is 14.7. The summed E-state index contributed by atoms with van der Waals surface area (Å²) in [5.74, 6) is 1.47. The molecule has 0 saturated heterocycles. The molecular formula is C16H17Cl2NO. The number of halogens is 2. The lowest BCUT2D eigenvalue weighted by atomic mass is 10.1. The Kier molecular flexibility index (Phi) is 4.92. The molecule has 2 nitrogen and oxygen atoms in total. The number of benzene rings is 2. The molecule has 2 rings (SSSR count). The molecule has 20 heavy (non-hydrogen) atoms. The maximum Gasteiger partial charge on any atom is 0.130 e. The Labute approximate surface area is 129 Å². The predicted molar refractivity (Wildman–Crippen MR) is 85.1 cm³/mol. The lowest BCUT2D eigenvalue weighted by Crippen LogP contribution is -2.17. The molecule has 1 atom stereocenters. The predicted octanol–water partition coefficient (Wildman–Crippen LogP) is 4.98. The first-order valence-corrected chi connectivity index (χ1v) is 7.19. The van der Waals surface area contributed by atoms with Crippen LogP contribution in [0.15, 0.2) is 36.4 Å². The Hall–Kier alpha value is -1.22. The van der Waals surface area contributed by atoms with Crippen LogP contribution in [0.1, 0.15) is 18.1 Å². The van der Waals surface area contributed by atoms with Gasteiger partial charge in [-0.2, -0.15) is 0 Å². The summed E-state index contributed by atoms with van der Waals surface area (Å²) >= 11 is 11.9. The highest BCUT2D eigenvalue weighted by Crippen LogP contribution is 2.31.